The number of hydrogen-bond donors (Lipinski definition) is 3. The second-order valence-electron chi connectivity index (χ2n) is 3.53. The first-order valence-electron chi connectivity index (χ1n) is 4.98. The topological polar surface area (TPSA) is 92.4 Å². The van der Waals surface area contributed by atoms with Gasteiger partial charge < -0.3 is 11.1 Å². The van der Waals surface area contributed by atoms with Crippen molar-refractivity contribution in [3.8, 4) is 0 Å². The SMILES string of the molecule is Nc1ccc(CCNCCS(=O)(=O)O)cc1. The molecule has 0 aliphatic heterocycles. The molecule has 0 saturated heterocycles. The number of rotatable bonds is 6. The van der Waals surface area contributed by atoms with E-state index in [0.717, 1.165) is 17.7 Å². The Morgan fingerprint density at radius 2 is 1.81 bits per heavy atom. The maximum atomic E-state index is 10.4. The van der Waals surface area contributed by atoms with Gasteiger partial charge in [-0.3, -0.25) is 4.55 Å². The molecule has 0 amide bonds. The van der Waals surface area contributed by atoms with E-state index >= 15 is 0 Å². The smallest absolute Gasteiger partial charge is 0.266 e. The predicted molar refractivity (Wildman–Crippen MR) is 63.8 cm³/mol. The Kier molecular flexibility index (Phi) is 4.72. The molecule has 90 valence electrons. The highest BCUT2D eigenvalue weighted by molar-refractivity contribution is 7.85. The second kappa shape index (κ2) is 5.83. The Morgan fingerprint density at radius 1 is 1.19 bits per heavy atom. The van der Waals surface area contributed by atoms with Crippen molar-refractivity contribution in [1.82, 2.24) is 5.32 Å². The van der Waals surface area contributed by atoms with E-state index in [2.05, 4.69) is 5.32 Å². The molecule has 16 heavy (non-hydrogen) atoms. The van der Waals surface area contributed by atoms with E-state index in [4.69, 9.17) is 10.3 Å². The van der Waals surface area contributed by atoms with Crippen molar-refractivity contribution < 1.29 is 13.0 Å². The molecule has 0 aliphatic rings. The first-order chi connectivity index (χ1) is 7.47. The Morgan fingerprint density at radius 3 is 2.38 bits per heavy atom. The van der Waals surface area contributed by atoms with Crippen molar-refractivity contribution in [2.45, 2.75) is 6.42 Å². The number of nitrogens with one attached hydrogen (secondary N) is 1. The standard InChI is InChI=1S/C10H16N2O3S/c11-10-3-1-9(2-4-10)5-6-12-7-8-16(13,14)15/h1-4,12H,5-8,11H2,(H,13,14,15). The van der Waals surface area contributed by atoms with Crippen molar-refractivity contribution in [1.29, 1.82) is 0 Å². The molecule has 0 bridgehead atoms. The minimum Gasteiger partial charge on any atom is -0.399 e. The lowest BCUT2D eigenvalue weighted by Gasteiger charge is -2.04. The molecule has 6 heteroatoms. The third-order valence-electron chi connectivity index (χ3n) is 2.11. The molecule has 1 aromatic rings. The summed E-state index contributed by atoms with van der Waals surface area (Å²) in [6.07, 6.45) is 0.797. The zero-order valence-electron chi connectivity index (χ0n) is 8.89. The predicted octanol–water partition coefficient (Wildman–Crippen LogP) is 0.289. The normalized spacial score (nSPS) is 11.6. The highest BCUT2D eigenvalue weighted by Crippen LogP contribution is 2.05. The number of nitrogens with two attached hydrogens (primary N) is 1. The van der Waals surface area contributed by atoms with Crippen LogP contribution in [0.4, 0.5) is 5.69 Å². The number of anilines is 1. The van der Waals surface area contributed by atoms with Gasteiger partial charge in [-0.2, -0.15) is 8.42 Å². The molecule has 0 fully saturated rings. The fourth-order valence-corrected chi connectivity index (χ4v) is 1.65. The zero-order valence-corrected chi connectivity index (χ0v) is 9.70. The van der Waals surface area contributed by atoms with Gasteiger partial charge in [0, 0.05) is 12.2 Å². The first-order valence-corrected chi connectivity index (χ1v) is 6.58. The summed E-state index contributed by atoms with van der Waals surface area (Å²) in [5.41, 5.74) is 7.40. The fraction of sp³-hybridized carbons (Fsp3) is 0.400. The van der Waals surface area contributed by atoms with Crippen molar-refractivity contribution in [3.05, 3.63) is 29.8 Å². The highest BCUT2D eigenvalue weighted by Gasteiger charge is 2.02. The average molecular weight is 244 g/mol. The van der Waals surface area contributed by atoms with E-state index in [9.17, 15) is 8.42 Å². The van der Waals surface area contributed by atoms with E-state index in [1.165, 1.54) is 0 Å². The van der Waals surface area contributed by atoms with Crippen LogP contribution in [-0.2, 0) is 16.5 Å². The van der Waals surface area contributed by atoms with E-state index in [1.807, 2.05) is 24.3 Å². The lowest BCUT2D eigenvalue weighted by atomic mass is 10.1. The molecular formula is C10H16N2O3S. The van der Waals surface area contributed by atoms with Crippen LogP contribution in [0.5, 0.6) is 0 Å². The van der Waals surface area contributed by atoms with Crippen molar-refractivity contribution >= 4 is 15.8 Å². The van der Waals surface area contributed by atoms with Crippen LogP contribution in [0, 0.1) is 0 Å². The van der Waals surface area contributed by atoms with Gasteiger partial charge in [0.2, 0.25) is 0 Å². The second-order valence-corrected chi connectivity index (χ2v) is 5.10. The third-order valence-corrected chi connectivity index (χ3v) is 2.83. The first kappa shape index (κ1) is 13.0. The van der Waals surface area contributed by atoms with Crippen LogP contribution in [0.25, 0.3) is 0 Å². The Hall–Kier alpha value is -1.11. The molecule has 1 aromatic carbocycles. The van der Waals surface area contributed by atoms with E-state index in [0.29, 0.717) is 6.54 Å². The average Bonchev–Trinajstić information content (AvgIpc) is 2.19. The van der Waals surface area contributed by atoms with Crippen LogP contribution in [0.1, 0.15) is 5.56 Å². The molecule has 0 atom stereocenters. The van der Waals surface area contributed by atoms with Crippen molar-refractivity contribution in [2.75, 3.05) is 24.6 Å². The van der Waals surface area contributed by atoms with Gasteiger partial charge in [-0.05, 0) is 30.7 Å². The molecule has 1 rings (SSSR count). The minimum absolute atomic E-state index is 0.255. The summed E-state index contributed by atoms with van der Waals surface area (Å²) in [6.45, 7) is 0.924. The number of benzene rings is 1. The third kappa shape index (κ3) is 5.69. The lowest BCUT2D eigenvalue weighted by Crippen LogP contribution is -2.24. The maximum Gasteiger partial charge on any atom is 0.266 e. The molecule has 0 spiro atoms. The summed E-state index contributed by atoms with van der Waals surface area (Å²) in [4.78, 5) is 0. The monoisotopic (exact) mass is 244 g/mol. The Bertz CT molecular complexity index is 414. The molecule has 5 nitrogen and oxygen atoms in total. The fourth-order valence-electron chi connectivity index (χ4n) is 1.24. The van der Waals surface area contributed by atoms with Crippen LogP contribution in [0.2, 0.25) is 0 Å². The summed E-state index contributed by atoms with van der Waals surface area (Å²) in [5, 5.41) is 2.93. The highest BCUT2D eigenvalue weighted by atomic mass is 32.2. The molecule has 4 N–H and O–H groups in total. The lowest BCUT2D eigenvalue weighted by molar-refractivity contribution is 0.480. The Labute approximate surface area is 95.4 Å². The van der Waals surface area contributed by atoms with Crippen molar-refractivity contribution in [3.63, 3.8) is 0 Å². The molecule has 0 unspecified atom stereocenters. The van der Waals surface area contributed by atoms with Gasteiger partial charge in [0.25, 0.3) is 10.1 Å². The maximum absolute atomic E-state index is 10.4. The molecule has 0 heterocycles. The van der Waals surface area contributed by atoms with E-state index in [1.54, 1.807) is 0 Å². The number of nitrogen functional groups attached to an aromatic ring is 1. The van der Waals surface area contributed by atoms with Gasteiger partial charge in [0.05, 0.1) is 5.75 Å². The van der Waals surface area contributed by atoms with Crippen LogP contribution in [-0.4, -0.2) is 31.8 Å². The van der Waals surface area contributed by atoms with Gasteiger partial charge in [-0.15, -0.1) is 0 Å². The van der Waals surface area contributed by atoms with Crippen LogP contribution in [0.3, 0.4) is 0 Å². The molecule has 0 aliphatic carbocycles. The summed E-state index contributed by atoms with van der Waals surface area (Å²) >= 11 is 0. The minimum atomic E-state index is -3.85. The molecular weight excluding hydrogens is 228 g/mol. The van der Waals surface area contributed by atoms with Crippen LogP contribution < -0.4 is 11.1 Å². The Balaban J connectivity index is 2.19. The van der Waals surface area contributed by atoms with Crippen molar-refractivity contribution in [2.24, 2.45) is 0 Å². The molecule has 0 saturated carbocycles. The largest absolute Gasteiger partial charge is 0.399 e. The quantitative estimate of drug-likeness (QED) is 0.380. The van der Waals surface area contributed by atoms with Gasteiger partial charge in [-0.1, -0.05) is 12.1 Å². The summed E-state index contributed by atoms with van der Waals surface area (Å²) < 4.78 is 29.3. The summed E-state index contributed by atoms with van der Waals surface area (Å²) in [5.74, 6) is -0.255. The summed E-state index contributed by atoms with van der Waals surface area (Å²) in [6, 6.07) is 7.51. The van der Waals surface area contributed by atoms with Gasteiger partial charge >= 0.3 is 0 Å². The van der Waals surface area contributed by atoms with Crippen LogP contribution >= 0.6 is 0 Å². The molecule has 0 radical (unpaired) electrons. The number of hydrogen-bond acceptors (Lipinski definition) is 4. The molecule has 0 aromatic heterocycles. The van der Waals surface area contributed by atoms with Gasteiger partial charge in [0.15, 0.2) is 0 Å². The van der Waals surface area contributed by atoms with Crippen LogP contribution in [0.15, 0.2) is 24.3 Å². The van der Waals surface area contributed by atoms with Gasteiger partial charge in [-0.25, -0.2) is 0 Å². The zero-order chi connectivity index (χ0) is 12.0. The van der Waals surface area contributed by atoms with E-state index < -0.39 is 10.1 Å². The van der Waals surface area contributed by atoms with E-state index in [-0.39, 0.29) is 12.3 Å². The van der Waals surface area contributed by atoms with Gasteiger partial charge in [0.1, 0.15) is 0 Å². The summed E-state index contributed by atoms with van der Waals surface area (Å²) in [7, 11) is -3.85.